The number of aryl methyl sites for hydroxylation is 1. The quantitative estimate of drug-likeness (QED) is 0.393. The van der Waals surface area contributed by atoms with E-state index in [4.69, 9.17) is 4.99 Å². The summed E-state index contributed by atoms with van der Waals surface area (Å²) < 4.78 is 1.81. The summed E-state index contributed by atoms with van der Waals surface area (Å²) >= 11 is 1.58. The number of aromatic nitrogens is 1. The van der Waals surface area contributed by atoms with Crippen molar-refractivity contribution in [3.8, 4) is 17.2 Å². The van der Waals surface area contributed by atoms with Crippen LogP contribution >= 0.6 is 28.3 Å². The van der Waals surface area contributed by atoms with Crippen molar-refractivity contribution >= 4 is 40.2 Å². The number of rotatable bonds is 4. The third-order valence-electron chi connectivity index (χ3n) is 4.43. The lowest BCUT2D eigenvalue weighted by molar-refractivity contribution is 0.367. The highest BCUT2D eigenvalue weighted by molar-refractivity contribution is 8.93. The van der Waals surface area contributed by atoms with Crippen molar-refractivity contribution in [1.82, 2.24) is 4.68 Å². The van der Waals surface area contributed by atoms with E-state index in [1.165, 1.54) is 23.2 Å². The molecule has 0 aliphatic heterocycles. The number of aromatic hydroxyl groups is 3. The van der Waals surface area contributed by atoms with Crippen LogP contribution in [0.2, 0.25) is 0 Å². The van der Waals surface area contributed by atoms with E-state index in [0.717, 1.165) is 29.0 Å². The first-order valence-corrected chi connectivity index (χ1v) is 9.46. The fourth-order valence-electron chi connectivity index (χ4n) is 2.91. The Morgan fingerprint density at radius 3 is 2.43 bits per heavy atom. The first kappa shape index (κ1) is 20.2. The topological polar surface area (TPSA) is 90.3 Å². The minimum Gasteiger partial charge on any atom is -0.504 e. The highest BCUT2D eigenvalue weighted by atomic mass is 79.9. The fourth-order valence-corrected chi connectivity index (χ4v) is 3.92. The van der Waals surface area contributed by atoms with Crippen LogP contribution in [0.1, 0.15) is 34.9 Å². The summed E-state index contributed by atoms with van der Waals surface area (Å²) in [6, 6.07) is 12.5. The Hall–Kier alpha value is -2.58. The van der Waals surface area contributed by atoms with E-state index in [1.54, 1.807) is 11.3 Å². The lowest BCUT2D eigenvalue weighted by atomic mass is 10.2. The van der Waals surface area contributed by atoms with Crippen molar-refractivity contribution in [2.45, 2.75) is 25.7 Å². The van der Waals surface area contributed by atoms with E-state index in [0.29, 0.717) is 11.5 Å². The average Bonchev–Trinajstić information content (AvgIpc) is 3.45. The molecule has 1 fully saturated rings. The van der Waals surface area contributed by atoms with Gasteiger partial charge in [0.15, 0.2) is 11.5 Å². The van der Waals surface area contributed by atoms with Crippen molar-refractivity contribution in [2.24, 2.45) is 10.1 Å². The molecule has 28 heavy (non-hydrogen) atoms. The highest BCUT2D eigenvalue weighted by Gasteiger charge is 2.30. The van der Waals surface area contributed by atoms with Crippen LogP contribution in [0.15, 0.2) is 52.6 Å². The Kier molecular flexibility index (Phi) is 5.90. The van der Waals surface area contributed by atoms with Gasteiger partial charge in [0.2, 0.25) is 10.6 Å². The normalized spacial score (nSPS) is 14.4. The number of para-hydroxylation sites is 1. The molecule has 3 aromatic rings. The molecule has 2 aromatic carbocycles. The number of phenolic OH excluding ortho intramolecular Hbond substituents is 3. The highest BCUT2D eigenvalue weighted by Crippen LogP contribution is 2.42. The first-order valence-electron chi connectivity index (χ1n) is 8.65. The van der Waals surface area contributed by atoms with Crippen molar-refractivity contribution < 1.29 is 15.3 Å². The molecule has 0 atom stereocenters. The van der Waals surface area contributed by atoms with Gasteiger partial charge < -0.3 is 15.3 Å². The largest absolute Gasteiger partial charge is 0.504 e. The molecular weight excluding hydrogens is 442 g/mol. The molecule has 0 radical (unpaired) electrons. The number of thiazole rings is 1. The van der Waals surface area contributed by atoms with Gasteiger partial charge in [-0.1, -0.05) is 29.5 Å². The van der Waals surface area contributed by atoms with Crippen LogP contribution in [0.4, 0.5) is 5.69 Å². The van der Waals surface area contributed by atoms with Crippen LogP contribution in [-0.4, -0.2) is 26.2 Å². The maximum atomic E-state index is 10.0. The molecule has 1 aliphatic rings. The van der Waals surface area contributed by atoms with Crippen LogP contribution < -0.4 is 4.80 Å². The second-order valence-electron chi connectivity index (χ2n) is 6.48. The summed E-state index contributed by atoms with van der Waals surface area (Å²) in [6.45, 7) is 2.07. The Balaban J connectivity index is 0.00000225. The molecule has 1 saturated carbocycles. The van der Waals surface area contributed by atoms with Gasteiger partial charge in [0.1, 0.15) is 0 Å². The number of hydrogen-bond donors (Lipinski definition) is 3. The minimum absolute atomic E-state index is 0. The predicted molar refractivity (Wildman–Crippen MR) is 115 cm³/mol. The first-order chi connectivity index (χ1) is 13.0. The van der Waals surface area contributed by atoms with Crippen molar-refractivity contribution in [2.75, 3.05) is 0 Å². The Morgan fingerprint density at radius 2 is 1.75 bits per heavy atom. The minimum atomic E-state index is -0.554. The van der Waals surface area contributed by atoms with E-state index in [1.807, 2.05) is 35.0 Å². The molecule has 0 unspecified atom stereocenters. The Labute approximate surface area is 176 Å². The number of benzene rings is 2. The number of halogens is 1. The number of nitrogens with zero attached hydrogens (tertiary/aromatic N) is 3. The zero-order chi connectivity index (χ0) is 19.0. The summed E-state index contributed by atoms with van der Waals surface area (Å²) in [5.41, 5.74) is 2.29. The SMILES string of the molecule is Br.Cc1sc(=Nc2ccccc2)n(/N=C/c2ccc(O)c(O)c2O)c1C1CC1. The average molecular weight is 462 g/mol. The van der Waals surface area contributed by atoms with Gasteiger partial charge >= 0.3 is 0 Å². The van der Waals surface area contributed by atoms with Gasteiger partial charge in [-0.05, 0) is 44.0 Å². The lowest BCUT2D eigenvalue weighted by Crippen LogP contribution is -2.13. The molecule has 4 rings (SSSR count). The molecule has 6 nitrogen and oxygen atoms in total. The molecule has 1 aromatic heterocycles. The molecule has 0 spiro atoms. The second kappa shape index (κ2) is 8.20. The molecule has 8 heteroatoms. The molecule has 1 aliphatic carbocycles. The van der Waals surface area contributed by atoms with E-state index in [-0.39, 0.29) is 22.7 Å². The van der Waals surface area contributed by atoms with Gasteiger partial charge in [0.05, 0.1) is 17.6 Å². The maximum Gasteiger partial charge on any atom is 0.211 e. The molecule has 1 heterocycles. The van der Waals surface area contributed by atoms with Crippen molar-refractivity contribution in [1.29, 1.82) is 0 Å². The molecule has 0 amide bonds. The van der Waals surface area contributed by atoms with Crippen LogP contribution in [0.25, 0.3) is 0 Å². The van der Waals surface area contributed by atoms with E-state index in [2.05, 4.69) is 12.0 Å². The summed E-state index contributed by atoms with van der Waals surface area (Å²) in [5, 5.41) is 33.7. The third kappa shape index (κ3) is 3.98. The molecule has 3 N–H and O–H groups in total. The van der Waals surface area contributed by atoms with E-state index in [9.17, 15) is 15.3 Å². The van der Waals surface area contributed by atoms with Gasteiger partial charge in [-0.25, -0.2) is 9.67 Å². The van der Waals surface area contributed by atoms with Gasteiger partial charge in [-0.15, -0.1) is 17.0 Å². The Bertz CT molecular complexity index is 1090. The van der Waals surface area contributed by atoms with Crippen LogP contribution in [0, 0.1) is 6.92 Å². The lowest BCUT2D eigenvalue weighted by Gasteiger charge is -2.05. The van der Waals surface area contributed by atoms with Crippen molar-refractivity contribution in [3.05, 3.63) is 63.4 Å². The summed E-state index contributed by atoms with van der Waals surface area (Å²) in [7, 11) is 0. The smallest absolute Gasteiger partial charge is 0.211 e. The van der Waals surface area contributed by atoms with Gasteiger partial charge in [-0.2, -0.15) is 5.10 Å². The molecule has 0 bridgehead atoms. The third-order valence-corrected chi connectivity index (χ3v) is 5.39. The van der Waals surface area contributed by atoms with Crippen LogP contribution in [-0.2, 0) is 0 Å². The molecule has 0 saturated heterocycles. The second-order valence-corrected chi connectivity index (χ2v) is 7.66. The summed E-state index contributed by atoms with van der Waals surface area (Å²) in [6.07, 6.45) is 3.72. The van der Waals surface area contributed by atoms with Crippen molar-refractivity contribution in [3.63, 3.8) is 0 Å². The maximum absolute atomic E-state index is 10.0. The zero-order valence-corrected chi connectivity index (χ0v) is 17.6. The number of phenols is 3. The van der Waals surface area contributed by atoms with Crippen LogP contribution in [0.5, 0.6) is 17.2 Å². The predicted octanol–water partition coefficient (Wildman–Crippen LogP) is 4.54. The van der Waals surface area contributed by atoms with Gasteiger partial charge in [0.25, 0.3) is 0 Å². The zero-order valence-electron chi connectivity index (χ0n) is 15.1. The standard InChI is InChI=1S/C20H19N3O3S.BrH/c1-12-17(13-7-8-13)23(20(27-12)22-15-5-3-2-4-6-15)21-11-14-9-10-16(24)19(26)18(14)25;/h2-6,9-11,13,24-26H,7-8H2,1H3;1H/b21-11+,22-20?;. The number of hydrogen-bond acceptors (Lipinski definition) is 6. The monoisotopic (exact) mass is 461 g/mol. The summed E-state index contributed by atoms with van der Waals surface area (Å²) in [4.78, 5) is 6.63. The van der Waals surface area contributed by atoms with Crippen LogP contribution in [0.3, 0.4) is 0 Å². The van der Waals surface area contributed by atoms with E-state index < -0.39 is 11.5 Å². The Morgan fingerprint density at radius 1 is 1.04 bits per heavy atom. The fraction of sp³-hybridized carbons (Fsp3) is 0.200. The summed E-state index contributed by atoms with van der Waals surface area (Å²) in [5.74, 6) is -0.857. The van der Waals surface area contributed by atoms with Gasteiger partial charge in [-0.3, -0.25) is 0 Å². The molecule has 146 valence electrons. The van der Waals surface area contributed by atoms with E-state index >= 15 is 0 Å². The molecular formula is C20H20BrN3O3S. The van der Waals surface area contributed by atoms with Gasteiger partial charge in [0, 0.05) is 16.4 Å².